The Kier molecular flexibility index (Phi) is 7.59. The van der Waals surface area contributed by atoms with Crippen molar-refractivity contribution in [1.82, 2.24) is 9.88 Å². The number of amides is 1. The largest absolute Gasteiger partial charge is 0.416 e. The molecular weight excluding hydrogens is 553 g/mol. The summed E-state index contributed by atoms with van der Waals surface area (Å²) in [5, 5.41) is 0.702. The van der Waals surface area contributed by atoms with Crippen LogP contribution >= 0.6 is 0 Å². The number of nitrogens with zero attached hydrogens (tertiary/aromatic N) is 2. The van der Waals surface area contributed by atoms with E-state index in [0.717, 1.165) is 18.4 Å². The summed E-state index contributed by atoms with van der Waals surface area (Å²) >= 11 is 0. The van der Waals surface area contributed by atoms with E-state index in [2.05, 4.69) is 4.98 Å². The van der Waals surface area contributed by atoms with Crippen molar-refractivity contribution in [2.75, 3.05) is 19.3 Å². The molecule has 7 nitrogen and oxygen atoms in total. The number of sulfone groups is 2. The minimum absolute atomic E-state index is 0.0356. The molecule has 0 saturated carbocycles. The minimum atomic E-state index is -4.67. The van der Waals surface area contributed by atoms with Gasteiger partial charge in [0.25, 0.3) is 5.91 Å². The van der Waals surface area contributed by atoms with Crippen LogP contribution < -0.4 is 0 Å². The fourth-order valence-corrected chi connectivity index (χ4v) is 7.63. The molecule has 210 valence electrons. The van der Waals surface area contributed by atoms with Crippen LogP contribution in [0.3, 0.4) is 0 Å². The molecule has 0 bridgehead atoms. The van der Waals surface area contributed by atoms with Crippen LogP contribution in [0.5, 0.6) is 0 Å². The van der Waals surface area contributed by atoms with E-state index < -0.39 is 52.9 Å². The van der Waals surface area contributed by atoms with Gasteiger partial charge in [-0.15, -0.1) is 0 Å². The van der Waals surface area contributed by atoms with E-state index in [1.807, 2.05) is 0 Å². The quantitative estimate of drug-likeness (QED) is 0.410. The predicted octanol–water partition coefficient (Wildman–Crippen LogP) is 4.90. The highest BCUT2D eigenvalue weighted by molar-refractivity contribution is 7.92. The summed E-state index contributed by atoms with van der Waals surface area (Å²) in [4.78, 5) is 19.1. The summed E-state index contributed by atoms with van der Waals surface area (Å²) in [5.74, 6) is -1.23. The van der Waals surface area contributed by atoms with Gasteiger partial charge in [0, 0.05) is 24.7 Å². The topological polar surface area (TPSA) is 101 Å². The third-order valence-electron chi connectivity index (χ3n) is 7.35. The molecule has 0 radical (unpaired) electrons. The number of pyridine rings is 1. The second-order valence-electron chi connectivity index (χ2n) is 10.5. The van der Waals surface area contributed by atoms with Gasteiger partial charge in [0.1, 0.15) is 5.69 Å². The van der Waals surface area contributed by atoms with Gasteiger partial charge in [-0.25, -0.2) is 21.8 Å². The van der Waals surface area contributed by atoms with Crippen molar-refractivity contribution in [1.29, 1.82) is 0 Å². The smallest absolute Gasteiger partial charge is 0.337 e. The Morgan fingerprint density at radius 3 is 2.23 bits per heavy atom. The van der Waals surface area contributed by atoms with Crippen LogP contribution in [0.25, 0.3) is 10.9 Å². The van der Waals surface area contributed by atoms with E-state index in [9.17, 15) is 34.8 Å². The van der Waals surface area contributed by atoms with Gasteiger partial charge in [0.15, 0.2) is 19.7 Å². The van der Waals surface area contributed by atoms with Crippen LogP contribution in [-0.2, 0) is 31.6 Å². The summed E-state index contributed by atoms with van der Waals surface area (Å²) in [6, 6.07) is 12.4. The maximum absolute atomic E-state index is 13.5. The lowest BCUT2D eigenvalue weighted by Crippen LogP contribution is -2.48. The molecule has 12 heteroatoms. The number of likely N-dealkylation sites (tertiary alicyclic amines) is 1. The molecule has 1 fully saturated rings. The van der Waals surface area contributed by atoms with Crippen molar-refractivity contribution in [2.45, 2.75) is 48.3 Å². The highest BCUT2D eigenvalue weighted by atomic mass is 32.2. The van der Waals surface area contributed by atoms with Gasteiger partial charge in [-0.3, -0.25) is 4.79 Å². The Morgan fingerprint density at radius 1 is 0.974 bits per heavy atom. The number of piperidine rings is 1. The zero-order valence-corrected chi connectivity index (χ0v) is 23.3. The number of halogens is 3. The Hall–Kier alpha value is -2.99. The van der Waals surface area contributed by atoms with Gasteiger partial charge in [-0.2, -0.15) is 13.2 Å². The number of carbonyl (C=O) groups excluding carboxylic acids is 1. The number of hydrogen-bond acceptors (Lipinski definition) is 6. The molecule has 2 heterocycles. The van der Waals surface area contributed by atoms with Crippen LogP contribution in [0.15, 0.2) is 59.5 Å². The lowest BCUT2D eigenvalue weighted by Gasteiger charge is -2.40. The Labute approximate surface area is 225 Å². The Morgan fingerprint density at radius 2 is 1.62 bits per heavy atom. The van der Waals surface area contributed by atoms with Crippen LogP contribution in [0.1, 0.15) is 48.3 Å². The number of hydrogen-bond donors (Lipinski definition) is 0. The molecule has 4 rings (SSSR count). The summed E-state index contributed by atoms with van der Waals surface area (Å²) in [7, 11) is -7.61. The lowest BCUT2D eigenvalue weighted by molar-refractivity contribution is -0.137. The number of para-hydroxylation sites is 1. The number of fused-ring (bicyclic) bond motifs is 1. The number of aromatic nitrogens is 1. The molecule has 0 N–H and O–H groups in total. The Balaban J connectivity index is 1.57. The van der Waals surface area contributed by atoms with Gasteiger partial charge in [0.2, 0.25) is 0 Å². The Bertz CT molecular complexity index is 1630. The zero-order valence-electron chi connectivity index (χ0n) is 21.7. The summed E-state index contributed by atoms with van der Waals surface area (Å²) < 4.78 is 89.2. The molecular formula is C27H29F3N2O5S2. The molecule has 0 spiro atoms. The summed E-state index contributed by atoms with van der Waals surface area (Å²) in [6.07, 6.45) is -3.00. The maximum atomic E-state index is 13.5. The van der Waals surface area contributed by atoms with Crippen LogP contribution in [0.2, 0.25) is 0 Å². The summed E-state index contributed by atoms with van der Waals surface area (Å²) in [5.41, 5.74) is -0.168. The van der Waals surface area contributed by atoms with Crippen molar-refractivity contribution in [3.63, 3.8) is 0 Å². The van der Waals surface area contributed by atoms with Gasteiger partial charge in [-0.05, 0) is 68.5 Å². The molecule has 1 aliphatic heterocycles. The molecule has 1 amide bonds. The summed E-state index contributed by atoms with van der Waals surface area (Å²) in [6.45, 7) is 3.38. The monoisotopic (exact) mass is 582 g/mol. The molecule has 1 aromatic heterocycles. The molecule has 2 aromatic carbocycles. The zero-order chi connectivity index (χ0) is 28.8. The first kappa shape index (κ1) is 29.0. The SMILES string of the molecule is CC(C)(C1CCN(C(=O)c2nc3ccccc3cc2CS(C)(=O)=O)CC1)S(=O)(=O)c1cccc(C(F)(F)F)c1. The molecule has 0 atom stereocenters. The first-order valence-electron chi connectivity index (χ1n) is 12.3. The first-order chi connectivity index (χ1) is 18.0. The van der Waals surface area contributed by atoms with E-state index in [0.29, 0.717) is 29.8 Å². The fraction of sp³-hybridized carbons (Fsp3) is 0.407. The van der Waals surface area contributed by atoms with Crippen molar-refractivity contribution < 1.29 is 34.8 Å². The van der Waals surface area contributed by atoms with Crippen molar-refractivity contribution in [3.8, 4) is 0 Å². The third kappa shape index (κ3) is 5.96. The second kappa shape index (κ2) is 10.2. The van der Waals surface area contributed by atoms with E-state index in [4.69, 9.17) is 0 Å². The van der Waals surface area contributed by atoms with Gasteiger partial charge in [0.05, 0.1) is 26.5 Å². The molecule has 0 aliphatic carbocycles. The highest BCUT2D eigenvalue weighted by Crippen LogP contribution is 2.40. The van der Waals surface area contributed by atoms with Gasteiger partial charge in [-0.1, -0.05) is 24.3 Å². The minimum Gasteiger partial charge on any atom is -0.337 e. The van der Waals surface area contributed by atoms with E-state index in [1.54, 1.807) is 30.3 Å². The van der Waals surface area contributed by atoms with Gasteiger partial charge < -0.3 is 4.90 Å². The molecule has 3 aromatic rings. The van der Waals surface area contributed by atoms with E-state index in [1.165, 1.54) is 24.8 Å². The second-order valence-corrected chi connectivity index (χ2v) is 15.1. The molecule has 0 unspecified atom stereocenters. The molecule has 1 aliphatic rings. The van der Waals surface area contributed by atoms with Crippen molar-refractivity contribution >= 4 is 36.5 Å². The van der Waals surface area contributed by atoms with Crippen LogP contribution in [0, 0.1) is 5.92 Å². The lowest BCUT2D eigenvalue weighted by atomic mass is 9.85. The van der Waals surface area contributed by atoms with E-state index in [-0.39, 0.29) is 30.1 Å². The van der Waals surface area contributed by atoms with Gasteiger partial charge >= 0.3 is 6.18 Å². The average molecular weight is 583 g/mol. The normalized spacial score (nSPS) is 16.0. The van der Waals surface area contributed by atoms with E-state index >= 15 is 0 Å². The van der Waals surface area contributed by atoms with Crippen LogP contribution in [0.4, 0.5) is 13.2 Å². The van der Waals surface area contributed by atoms with Crippen LogP contribution in [-0.4, -0.2) is 56.7 Å². The fourth-order valence-electron chi connectivity index (χ4n) is 5.03. The molecule has 39 heavy (non-hydrogen) atoms. The number of alkyl halides is 3. The maximum Gasteiger partial charge on any atom is 0.416 e. The number of carbonyl (C=O) groups is 1. The van der Waals surface area contributed by atoms with Crippen molar-refractivity contribution in [3.05, 3.63) is 71.4 Å². The highest BCUT2D eigenvalue weighted by Gasteiger charge is 2.45. The van der Waals surface area contributed by atoms with Crippen molar-refractivity contribution in [2.24, 2.45) is 5.92 Å². The molecule has 1 saturated heterocycles. The average Bonchev–Trinajstić information content (AvgIpc) is 2.86. The standard InChI is InChI=1S/C27H29F3N2O5S2/c1-26(2,39(36,37)22-9-6-8-21(16-22)27(28,29)30)20-11-13-32(14-12-20)25(33)24-19(17-38(3,34)35)15-18-7-4-5-10-23(18)31-24/h4-10,15-16,20H,11-14,17H2,1-3H3. The number of benzene rings is 2. The third-order valence-corrected chi connectivity index (χ3v) is 10.8. The number of rotatable bonds is 6. The first-order valence-corrected chi connectivity index (χ1v) is 15.8. The predicted molar refractivity (Wildman–Crippen MR) is 142 cm³/mol.